The molecule has 1 N–H and O–H groups in total. The standard InChI is InChI=1S/C31H30O5/c1-33-26-14-8-9-15-28(26)36-19-25(20-16-17-27(34-2)29(18-20)35-3)30-21-10-4-6-12-23(21)31(32)24-13-7-5-11-22(24)30/h4-18,25,30-32H,19H2,1-3H3/t25-,30?,31?/m1/s1. The third-order valence-electron chi connectivity index (χ3n) is 6.98. The van der Waals surface area contributed by atoms with E-state index in [2.05, 4.69) is 18.2 Å². The quantitative estimate of drug-likeness (QED) is 0.329. The van der Waals surface area contributed by atoms with Crippen LogP contribution in [0.4, 0.5) is 0 Å². The average Bonchev–Trinajstić information content (AvgIpc) is 2.94. The molecule has 0 aromatic heterocycles. The summed E-state index contributed by atoms with van der Waals surface area (Å²) in [5.74, 6) is 2.56. The number of fused-ring (bicyclic) bond motifs is 2. The van der Waals surface area contributed by atoms with Crippen LogP contribution in [0.15, 0.2) is 91.0 Å². The van der Waals surface area contributed by atoms with Crippen LogP contribution in [0, 0.1) is 0 Å². The second-order valence-electron chi connectivity index (χ2n) is 8.82. The van der Waals surface area contributed by atoms with Gasteiger partial charge in [0.15, 0.2) is 23.0 Å². The number of hydrogen-bond acceptors (Lipinski definition) is 5. The van der Waals surface area contributed by atoms with Crippen molar-refractivity contribution in [3.05, 3.63) is 119 Å². The smallest absolute Gasteiger partial charge is 0.161 e. The summed E-state index contributed by atoms with van der Waals surface area (Å²) in [6, 6.07) is 29.9. The van der Waals surface area contributed by atoms with Gasteiger partial charge in [-0.25, -0.2) is 0 Å². The maximum atomic E-state index is 11.2. The molecule has 0 fully saturated rings. The lowest BCUT2D eigenvalue weighted by atomic mass is 9.69. The van der Waals surface area contributed by atoms with E-state index in [0.29, 0.717) is 29.6 Å². The summed E-state index contributed by atoms with van der Waals surface area (Å²) in [5.41, 5.74) is 5.07. The zero-order chi connectivity index (χ0) is 25.1. The van der Waals surface area contributed by atoms with Crippen molar-refractivity contribution in [2.45, 2.75) is 17.9 Å². The number of aliphatic hydroxyl groups excluding tert-OH is 1. The SMILES string of the molecule is COc1ccc([C@@H](COc2ccccc2OC)C2c3ccccc3C(O)c3ccccc32)cc1OC. The molecule has 5 nitrogen and oxygen atoms in total. The average molecular weight is 483 g/mol. The molecule has 5 rings (SSSR count). The normalized spacial score (nSPS) is 16.9. The predicted molar refractivity (Wildman–Crippen MR) is 140 cm³/mol. The van der Waals surface area contributed by atoms with Crippen LogP contribution >= 0.6 is 0 Å². The highest BCUT2D eigenvalue weighted by atomic mass is 16.5. The Labute approximate surface area is 211 Å². The molecule has 1 aliphatic rings. The number of rotatable bonds is 8. The topological polar surface area (TPSA) is 57.2 Å². The van der Waals surface area contributed by atoms with Gasteiger partial charge in [-0.2, -0.15) is 0 Å². The highest BCUT2D eigenvalue weighted by molar-refractivity contribution is 5.55. The molecule has 1 atom stereocenters. The lowest BCUT2D eigenvalue weighted by molar-refractivity contribution is 0.208. The van der Waals surface area contributed by atoms with Gasteiger partial charge in [0, 0.05) is 11.8 Å². The molecule has 5 heteroatoms. The van der Waals surface area contributed by atoms with E-state index in [1.807, 2.05) is 72.8 Å². The minimum atomic E-state index is -0.671. The van der Waals surface area contributed by atoms with Gasteiger partial charge in [-0.3, -0.25) is 0 Å². The van der Waals surface area contributed by atoms with Crippen molar-refractivity contribution in [2.75, 3.05) is 27.9 Å². The Morgan fingerprint density at radius 2 is 1.11 bits per heavy atom. The fraction of sp³-hybridized carbons (Fsp3) is 0.226. The number of benzene rings is 4. The van der Waals surface area contributed by atoms with Crippen molar-refractivity contribution in [2.24, 2.45) is 0 Å². The zero-order valence-electron chi connectivity index (χ0n) is 20.7. The first kappa shape index (κ1) is 23.8. The van der Waals surface area contributed by atoms with Crippen molar-refractivity contribution < 1.29 is 24.1 Å². The van der Waals surface area contributed by atoms with Crippen LogP contribution in [0.25, 0.3) is 0 Å². The van der Waals surface area contributed by atoms with E-state index in [1.54, 1.807) is 21.3 Å². The Hall–Kier alpha value is -3.96. The molecule has 0 bridgehead atoms. The molecule has 4 aromatic rings. The molecule has 0 radical (unpaired) electrons. The number of methoxy groups -OCH3 is 3. The van der Waals surface area contributed by atoms with Crippen molar-refractivity contribution in [1.82, 2.24) is 0 Å². The van der Waals surface area contributed by atoms with Gasteiger partial charge in [-0.15, -0.1) is 0 Å². The molecule has 184 valence electrons. The van der Waals surface area contributed by atoms with Crippen LogP contribution in [0.5, 0.6) is 23.0 Å². The van der Waals surface area contributed by atoms with Crippen molar-refractivity contribution in [3.63, 3.8) is 0 Å². The molecule has 0 aliphatic heterocycles. The van der Waals surface area contributed by atoms with Crippen molar-refractivity contribution in [3.8, 4) is 23.0 Å². The largest absolute Gasteiger partial charge is 0.493 e. The van der Waals surface area contributed by atoms with E-state index < -0.39 is 6.10 Å². The second-order valence-corrected chi connectivity index (χ2v) is 8.82. The summed E-state index contributed by atoms with van der Waals surface area (Å²) < 4.78 is 23.1. The summed E-state index contributed by atoms with van der Waals surface area (Å²) in [6.07, 6.45) is -0.671. The molecule has 4 aromatic carbocycles. The third-order valence-corrected chi connectivity index (χ3v) is 6.98. The first-order valence-electron chi connectivity index (χ1n) is 12.0. The van der Waals surface area contributed by atoms with Gasteiger partial charge in [-0.05, 0) is 52.1 Å². The lowest BCUT2D eigenvalue weighted by Crippen LogP contribution is -2.26. The van der Waals surface area contributed by atoms with E-state index >= 15 is 0 Å². The predicted octanol–water partition coefficient (Wildman–Crippen LogP) is 6.10. The zero-order valence-corrected chi connectivity index (χ0v) is 20.7. The van der Waals surface area contributed by atoms with Gasteiger partial charge in [-0.1, -0.05) is 66.7 Å². The first-order chi connectivity index (χ1) is 17.7. The Morgan fingerprint density at radius 1 is 0.611 bits per heavy atom. The second kappa shape index (κ2) is 10.3. The number of aliphatic hydroxyl groups is 1. The summed E-state index contributed by atoms with van der Waals surface area (Å²) in [7, 11) is 4.92. The fourth-order valence-corrected chi connectivity index (χ4v) is 5.24. The summed E-state index contributed by atoms with van der Waals surface area (Å²) in [6.45, 7) is 0.388. The molecule has 1 aliphatic carbocycles. The van der Waals surface area contributed by atoms with E-state index in [-0.39, 0.29) is 11.8 Å². The molecule has 0 spiro atoms. The van der Waals surface area contributed by atoms with Gasteiger partial charge < -0.3 is 24.1 Å². The first-order valence-corrected chi connectivity index (χ1v) is 12.0. The summed E-state index contributed by atoms with van der Waals surface area (Å²) in [4.78, 5) is 0. The Balaban J connectivity index is 1.65. The monoisotopic (exact) mass is 482 g/mol. The van der Waals surface area contributed by atoms with Crippen LogP contribution in [-0.4, -0.2) is 33.0 Å². The van der Waals surface area contributed by atoms with Crippen LogP contribution in [0.2, 0.25) is 0 Å². The van der Waals surface area contributed by atoms with E-state index in [0.717, 1.165) is 27.8 Å². The molecule has 0 saturated heterocycles. The molecule has 36 heavy (non-hydrogen) atoms. The van der Waals surface area contributed by atoms with Crippen LogP contribution in [0.3, 0.4) is 0 Å². The number of para-hydroxylation sites is 2. The third kappa shape index (κ3) is 4.27. The van der Waals surface area contributed by atoms with E-state index in [4.69, 9.17) is 18.9 Å². The van der Waals surface area contributed by atoms with Crippen LogP contribution in [0.1, 0.15) is 45.8 Å². The summed E-state index contributed by atoms with van der Waals surface area (Å²) >= 11 is 0. The Kier molecular flexibility index (Phi) is 6.83. The Bertz CT molecular complexity index is 1300. The highest BCUT2D eigenvalue weighted by Gasteiger charge is 2.37. The van der Waals surface area contributed by atoms with E-state index in [9.17, 15) is 5.11 Å². The minimum Gasteiger partial charge on any atom is -0.493 e. The van der Waals surface area contributed by atoms with Gasteiger partial charge in [0.2, 0.25) is 0 Å². The summed E-state index contributed by atoms with van der Waals surface area (Å²) in [5, 5.41) is 11.2. The highest BCUT2D eigenvalue weighted by Crippen LogP contribution is 2.49. The van der Waals surface area contributed by atoms with Gasteiger partial charge >= 0.3 is 0 Å². The van der Waals surface area contributed by atoms with Crippen LogP contribution < -0.4 is 18.9 Å². The minimum absolute atomic E-state index is 0.0476. The van der Waals surface area contributed by atoms with Crippen molar-refractivity contribution >= 4 is 0 Å². The number of hydrogen-bond donors (Lipinski definition) is 1. The molecule has 0 heterocycles. The Morgan fingerprint density at radius 3 is 1.69 bits per heavy atom. The maximum Gasteiger partial charge on any atom is 0.161 e. The van der Waals surface area contributed by atoms with Gasteiger partial charge in [0.25, 0.3) is 0 Å². The molecular formula is C31H30O5. The molecule has 0 amide bonds. The lowest BCUT2D eigenvalue weighted by Gasteiger charge is -2.37. The van der Waals surface area contributed by atoms with Crippen LogP contribution in [-0.2, 0) is 0 Å². The van der Waals surface area contributed by atoms with E-state index in [1.165, 1.54) is 0 Å². The fourth-order valence-electron chi connectivity index (χ4n) is 5.24. The molecule has 0 unspecified atom stereocenters. The maximum absolute atomic E-state index is 11.2. The number of ether oxygens (including phenoxy) is 4. The van der Waals surface area contributed by atoms with Gasteiger partial charge in [0.1, 0.15) is 6.10 Å². The van der Waals surface area contributed by atoms with Crippen molar-refractivity contribution in [1.29, 1.82) is 0 Å². The van der Waals surface area contributed by atoms with Gasteiger partial charge in [0.05, 0.1) is 27.9 Å². The molecular weight excluding hydrogens is 452 g/mol. The molecule has 0 saturated carbocycles.